The van der Waals surface area contributed by atoms with Gasteiger partial charge in [0.15, 0.2) is 0 Å². The first kappa shape index (κ1) is 15.8. The Bertz CT molecular complexity index is 452. The minimum Gasteiger partial charge on any atom is -0.317 e. The largest absolute Gasteiger partial charge is 0.317 e. The van der Waals surface area contributed by atoms with Crippen LogP contribution in [0.4, 0.5) is 0 Å². The minimum absolute atomic E-state index is 0. The molecule has 0 atom stereocenters. The maximum atomic E-state index is 3.50. The van der Waals surface area contributed by atoms with Crippen LogP contribution in [0.2, 0.25) is 0 Å². The number of piperidine rings is 1. The second-order valence-corrected chi connectivity index (χ2v) is 6.57. The molecule has 0 aromatic heterocycles. The second-order valence-electron chi connectivity index (χ2n) is 6.57. The third-order valence-corrected chi connectivity index (χ3v) is 5.29. The summed E-state index contributed by atoms with van der Waals surface area (Å²) in [5.41, 5.74) is 5.05. The van der Waals surface area contributed by atoms with Gasteiger partial charge in [-0.2, -0.15) is 0 Å². The Morgan fingerprint density at radius 3 is 2.65 bits per heavy atom. The van der Waals surface area contributed by atoms with E-state index in [1.54, 1.807) is 0 Å². The van der Waals surface area contributed by atoms with E-state index in [0.29, 0.717) is 5.41 Å². The standard InChI is InChI=1S/C17H26N2.ClH/c1-14-4-3-5-16(15(14)2)12-19-11-8-17(13-19)6-9-18-10-7-17;/h3-5,18H,6-13H2,1-2H3;1H. The fourth-order valence-electron chi connectivity index (χ4n) is 3.75. The van der Waals surface area contributed by atoms with Gasteiger partial charge in [0.05, 0.1) is 0 Å². The number of nitrogens with one attached hydrogen (secondary N) is 1. The van der Waals surface area contributed by atoms with Gasteiger partial charge in [0.1, 0.15) is 0 Å². The lowest BCUT2D eigenvalue weighted by Crippen LogP contribution is -2.38. The molecule has 3 heteroatoms. The fraction of sp³-hybridized carbons (Fsp3) is 0.647. The molecule has 1 aromatic carbocycles. The number of likely N-dealkylation sites (tertiary alicyclic amines) is 1. The summed E-state index contributed by atoms with van der Waals surface area (Å²) in [5.74, 6) is 0. The minimum atomic E-state index is 0. The SMILES string of the molecule is Cc1cccc(CN2CCC3(CCNCC3)C2)c1C.Cl. The molecule has 112 valence electrons. The molecule has 0 aliphatic carbocycles. The highest BCUT2D eigenvalue weighted by Gasteiger charge is 2.38. The van der Waals surface area contributed by atoms with Crippen molar-refractivity contribution in [1.29, 1.82) is 0 Å². The number of nitrogens with zero attached hydrogens (tertiary/aromatic N) is 1. The summed E-state index contributed by atoms with van der Waals surface area (Å²) < 4.78 is 0. The number of hydrogen-bond donors (Lipinski definition) is 1. The average Bonchev–Trinajstić information content (AvgIpc) is 2.79. The van der Waals surface area contributed by atoms with Gasteiger partial charge in [-0.15, -0.1) is 12.4 Å². The Balaban J connectivity index is 0.00000147. The van der Waals surface area contributed by atoms with Crippen molar-refractivity contribution in [2.75, 3.05) is 26.2 Å². The summed E-state index contributed by atoms with van der Waals surface area (Å²) in [7, 11) is 0. The zero-order valence-corrected chi connectivity index (χ0v) is 13.6. The lowest BCUT2D eigenvalue weighted by molar-refractivity contribution is 0.194. The molecule has 1 aromatic rings. The number of halogens is 1. The van der Waals surface area contributed by atoms with Crippen LogP contribution < -0.4 is 5.32 Å². The Labute approximate surface area is 129 Å². The quantitative estimate of drug-likeness (QED) is 0.900. The van der Waals surface area contributed by atoms with Gasteiger partial charge in [0, 0.05) is 13.1 Å². The Morgan fingerprint density at radius 1 is 1.15 bits per heavy atom. The maximum absolute atomic E-state index is 3.50. The molecule has 2 aliphatic heterocycles. The van der Waals surface area contributed by atoms with Crippen LogP contribution in [0.25, 0.3) is 0 Å². The fourth-order valence-corrected chi connectivity index (χ4v) is 3.75. The summed E-state index contributed by atoms with van der Waals surface area (Å²) in [4.78, 5) is 2.67. The molecule has 1 N–H and O–H groups in total. The predicted molar refractivity (Wildman–Crippen MR) is 87.6 cm³/mol. The first-order valence-corrected chi connectivity index (χ1v) is 7.67. The molecule has 0 saturated carbocycles. The lowest BCUT2D eigenvalue weighted by Gasteiger charge is -2.34. The van der Waals surface area contributed by atoms with Gasteiger partial charge in [0.25, 0.3) is 0 Å². The average molecular weight is 295 g/mol. The molecule has 2 aliphatic rings. The van der Waals surface area contributed by atoms with E-state index in [1.165, 1.54) is 62.1 Å². The predicted octanol–water partition coefficient (Wildman–Crippen LogP) is 3.30. The van der Waals surface area contributed by atoms with Crippen molar-refractivity contribution in [2.24, 2.45) is 5.41 Å². The normalized spacial score (nSPS) is 21.9. The smallest absolute Gasteiger partial charge is 0.0236 e. The summed E-state index contributed by atoms with van der Waals surface area (Å²) in [6.45, 7) is 10.7. The van der Waals surface area contributed by atoms with Gasteiger partial charge < -0.3 is 5.32 Å². The molecule has 2 fully saturated rings. The van der Waals surface area contributed by atoms with Crippen LogP contribution in [0.1, 0.15) is 36.0 Å². The molecule has 0 amide bonds. The summed E-state index contributed by atoms with van der Waals surface area (Å²) in [5, 5.41) is 3.50. The first-order chi connectivity index (χ1) is 9.19. The number of rotatable bonds is 2. The van der Waals surface area contributed by atoms with E-state index < -0.39 is 0 Å². The van der Waals surface area contributed by atoms with E-state index in [4.69, 9.17) is 0 Å². The van der Waals surface area contributed by atoms with Crippen molar-refractivity contribution in [3.05, 3.63) is 34.9 Å². The highest BCUT2D eigenvalue weighted by atomic mass is 35.5. The summed E-state index contributed by atoms with van der Waals surface area (Å²) >= 11 is 0. The maximum Gasteiger partial charge on any atom is 0.0236 e. The molecule has 2 saturated heterocycles. The number of aryl methyl sites for hydroxylation is 1. The van der Waals surface area contributed by atoms with Crippen LogP contribution in [0.5, 0.6) is 0 Å². The van der Waals surface area contributed by atoms with Crippen LogP contribution in [0.15, 0.2) is 18.2 Å². The third-order valence-electron chi connectivity index (χ3n) is 5.29. The van der Waals surface area contributed by atoms with E-state index in [-0.39, 0.29) is 12.4 Å². The topological polar surface area (TPSA) is 15.3 Å². The van der Waals surface area contributed by atoms with E-state index in [1.807, 2.05) is 0 Å². The van der Waals surface area contributed by atoms with E-state index in [0.717, 1.165) is 6.54 Å². The van der Waals surface area contributed by atoms with Crippen molar-refractivity contribution in [3.8, 4) is 0 Å². The Kier molecular flexibility index (Phi) is 5.11. The molecule has 2 nitrogen and oxygen atoms in total. The number of benzene rings is 1. The molecule has 20 heavy (non-hydrogen) atoms. The van der Waals surface area contributed by atoms with Gasteiger partial charge in [-0.1, -0.05) is 18.2 Å². The zero-order chi connectivity index (χ0) is 13.3. The summed E-state index contributed by atoms with van der Waals surface area (Å²) in [6, 6.07) is 6.72. The van der Waals surface area contributed by atoms with Crippen molar-refractivity contribution in [2.45, 2.75) is 39.7 Å². The van der Waals surface area contributed by atoms with Gasteiger partial charge in [-0.25, -0.2) is 0 Å². The molecule has 2 heterocycles. The molecule has 1 spiro atoms. The van der Waals surface area contributed by atoms with Gasteiger partial charge in [0.2, 0.25) is 0 Å². The van der Waals surface area contributed by atoms with Crippen molar-refractivity contribution >= 4 is 12.4 Å². The van der Waals surface area contributed by atoms with Crippen LogP contribution >= 0.6 is 12.4 Å². The first-order valence-electron chi connectivity index (χ1n) is 7.67. The van der Waals surface area contributed by atoms with Crippen molar-refractivity contribution in [1.82, 2.24) is 10.2 Å². The van der Waals surface area contributed by atoms with Gasteiger partial charge in [-0.3, -0.25) is 4.90 Å². The van der Waals surface area contributed by atoms with Gasteiger partial charge >= 0.3 is 0 Å². The van der Waals surface area contributed by atoms with Crippen LogP contribution in [-0.2, 0) is 6.54 Å². The zero-order valence-electron chi connectivity index (χ0n) is 12.7. The van der Waals surface area contributed by atoms with E-state index in [9.17, 15) is 0 Å². The third kappa shape index (κ3) is 3.19. The Morgan fingerprint density at radius 2 is 1.90 bits per heavy atom. The van der Waals surface area contributed by atoms with Crippen molar-refractivity contribution in [3.63, 3.8) is 0 Å². The highest BCUT2D eigenvalue weighted by molar-refractivity contribution is 5.85. The lowest BCUT2D eigenvalue weighted by atomic mass is 9.78. The van der Waals surface area contributed by atoms with Crippen LogP contribution in [0, 0.1) is 19.3 Å². The molecular formula is C17H27ClN2. The Hall–Kier alpha value is -0.570. The van der Waals surface area contributed by atoms with E-state index >= 15 is 0 Å². The molecule has 0 bridgehead atoms. The van der Waals surface area contributed by atoms with Crippen LogP contribution in [0.3, 0.4) is 0 Å². The van der Waals surface area contributed by atoms with Crippen molar-refractivity contribution < 1.29 is 0 Å². The van der Waals surface area contributed by atoms with Gasteiger partial charge in [-0.05, 0) is 74.8 Å². The monoisotopic (exact) mass is 294 g/mol. The second kappa shape index (κ2) is 6.46. The molecule has 0 radical (unpaired) electrons. The molecule has 3 rings (SSSR count). The summed E-state index contributed by atoms with van der Waals surface area (Å²) in [6.07, 6.45) is 4.14. The number of hydrogen-bond acceptors (Lipinski definition) is 2. The van der Waals surface area contributed by atoms with E-state index in [2.05, 4.69) is 42.3 Å². The molecule has 0 unspecified atom stereocenters. The highest BCUT2D eigenvalue weighted by Crippen LogP contribution is 2.39. The molecular weight excluding hydrogens is 268 g/mol. The van der Waals surface area contributed by atoms with Crippen LogP contribution in [-0.4, -0.2) is 31.1 Å².